The molecule has 0 saturated heterocycles. The molecule has 1 aliphatic rings. The van der Waals surface area contributed by atoms with Crippen molar-refractivity contribution in [2.24, 2.45) is 0 Å². The van der Waals surface area contributed by atoms with E-state index < -0.39 is 5.60 Å². The minimum atomic E-state index is -0.565. The maximum Gasteiger partial charge on any atom is 0.195 e. The molecule has 1 fully saturated rings. The largest absolute Gasteiger partial charge is 0.370 e. The van der Waals surface area contributed by atoms with Gasteiger partial charge < -0.3 is 4.74 Å². The number of fused-ring (bicyclic) bond motifs is 1. The number of Topliss-reactive ketones (excluding diaryl/α,β-unsaturated/α-hetero) is 1. The Morgan fingerprint density at radius 2 is 1.83 bits per heavy atom. The summed E-state index contributed by atoms with van der Waals surface area (Å²) in [5.74, 6) is 0.132. The molecule has 2 nitrogen and oxygen atoms in total. The highest BCUT2D eigenvalue weighted by Gasteiger charge is 2.44. The lowest BCUT2D eigenvalue weighted by molar-refractivity contribution is -0.0447. The zero-order chi connectivity index (χ0) is 12.6. The summed E-state index contributed by atoms with van der Waals surface area (Å²) in [6.07, 6.45) is 2.75. The predicted octanol–water partition coefficient (Wildman–Crippen LogP) is 3.59. The molecular weight excluding hydrogens is 224 g/mol. The third-order valence-electron chi connectivity index (χ3n) is 4.00. The highest BCUT2D eigenvalue weighted by atomic mass is 16.5. The fourth-order valence-corrected chi connectivity index (χ4v) is 2.69. The van der Waals surface area contributed by atoms with E-state index in [1.54, 1.807) is 7.11 Å². The SMILES string of the molecule is COC1(C(=O)c2cccc3ccccc23)CCC1. The van der Waals surface area contributed by atoms with E-state index in [-0.39, 0.29) is 5.78 Å². The minimum absolute atomic E-state index is 0.132. The first-order valence-electron chi connectivity index (χ1n) is 6.34. The van der Waals surface area contributed by atoms with Crippen LogP contribution < -0.4 is 0 Å². The van der Waals surface area contributed by atoms with Gasteiger partial charge in [-0.05, 0) is 30.0 Å². The zero-order valence-electron chi connectivity index (χ0n) is 10.5. The van der Waals surface area contributed by atoms with Crippen molar-refractivity contribution in [3.05, 3.63) is 48.0 Å². The molecule has 0 atom stereocenters. The number of ether oxygens (including phenoxy) is 1. The highest BCUT2D eigenvalue weighted by Crippen LogP contribution is 2.39. The molecule has 1 aliphatic carbocycles. The number of hydrogen-bond donors (Lipinski definition) is 0. The third-order valence-corrected chi connectivity index (χ3v) is 4.00. The monoisotopic (exact) mass is 240 g/mol. The minimum Gasteiger partial charge on any atom is -0.370 e. The molecule has 0 heterocycles. The van der Waals surface area contributed by atoms with Gasteiger partial charge in [0.25, 0.3) is 0 Å². The lowest BCUT2D eigenvalue weighted by Gasteiger charge is -2.39. The van der Waals surface area contributed by atoms with Crippen LogP contribution in [0.3, 0.4) is 0 Å². The Hall–Kier alpha value is -1.67. The molecule has 0 amide bonds. The second-order valence-corrected chi connectivity index (χ2v) is 4.91. The van der Waals surface area contributed by atoms with Crippen molar-refractivity contribution in [2.45, 2.75) is 24.9 Å². The van der Waals surface area contributed by atoms with E-state index in [2.05, 4.69) is 0 Å². The van der Waals surface area contributed by atoms with Gasteiger partial charge in [-0.1, -0.05) is 42.5 Å². The Morgan fingerprint density at radius 1 is 1.11 bits per heavy atom. The van der Waals surface area contributed by atoms with Gasteiger partial charge in [-0.15, -0.1) is 0 Å². The summed E-state index contributed by atoms with van der Waals surface area (Å²) >= 11 is 0. The van der Waals surface area contributed by atoms with Crippen LogP contribution >= 0.6 is 0 Å². The van der Waals surface area contributed by atoms with Gasteiger partial charge in [0, 0.05) is 12.7 Å². The first-order chi connectivity index (χ1) is 8.77. The number of rotatable bonds is 3. The molecule has 0 bridgehead atoms. The summed E-state index contributed by atoms with van der Waals surface area (Å²) < 4.78 is 5.49. The van der Waals surface area contributed by atoms with Crippen LogP contribution in [0, 0.1) is 0 Å². The lowest BCUT2D eigenvalue weighted by atomic mass is 9.74. The van der Waals surface area contributed by atoms with E-state index in [4.69, 9.17) is 4.74 Å². The van der Waals surface area contributed by atoms with Gasteiger partial charge >= 0.3 is 0 Å². The number of carbonyl (C=O) groups excluding carboxylic acids is 1. The first kappa shape index (κ1) is 11.4. The van der Waals surface area contributed by atoms with E-state index in [1.807, 2.05) is 42.5 Å². The summed E-state index contributed by atoms with van der Waals surface area (Å²) in [5, 5.41) is 2.13. The molecule has 0 aliphatic heterocycles. The van der Waals surface area contributed by atoms with Gasteiger partial charge in [0.2, 0.25) is 0 Å². The average molecular weight is 240 g/mol. The van der Waals surface area contributed by atoms with Gasteiger partial charge in [-0.2, -0.15) is 0 Å². The molecule has 2 heteroatoms. The van der Waals surface area contributed by atoms with E-state index >= 15 is 0 Å². The summed E-state index contributed by atoms with van der Waals surface area (Å²) in [4.78, 5) is 12.7. The van der Waals surface area contributed by atoms with Crippen LogP contribution in [0.25, 0.3) is 10.8 Å². The topological polar surface area (TPSA) is 26.3 Å². The van der Waals surface area contributed by atoms with Gasteiger partial charge in [0.1, 0.15) is 5.60 Å². The maximum absolute atomic E-state index is 12.7. The van der Waals surface area contributed by atoms with Gasteiger partial charge in [-0.3, -0.25) is 4.79 Å². The molecule has 18 heavy (non-hydrogen) atoms. The van der Waals surface area contributed by atoms with Crippen LogP contribution in [0.5, 0.6) is 0 Å². The van der Waals surface area contributed by atoms with E-state index in [0.717, 1.165) is 35.6 Å². The molecule has 2 aromatic rings. The van der Waals surface area contributed by atoms with Crippen molar-refractivity contribution in [2.75, 3.05) is 7.11 Å². The second-order valence-electron chi connectivity index (χ2n) is 4.91. The molecule has 0 N–H and O–H groups in total. The molecular formula is C16H16O2. The van der Waals surface area contributed by atoms with Crippen LogP contribution in [-0.4, -0.2) is 18.5 Å². The van der Waals surface area contributed by atoms with Crippen LogP contribution in [0.15, 0.2) is 42.5 Å². The smallest absolute Gasteiger partial charge is 0.195 e. The number of hydrogen-bond acceptors (Lipinski definition) is 2. The van der Waals surface area contributed by atoms with Crippen molar-refractivity contribution < 1.29 is 9.53 Å². The van der Waals surface area contributed by atoms with Crippen molar-refractivity contribution in [1.82, 2.24) is 0 Å². The summed E-state index contributed by atoms with van der Waals surface area (Å²) in [6, 6.07) is 13.9. The van der Waals surface area contributed by atoms with Crippen LogP contribution in [-0.2, 0) is 4.74 Å². The van der Waals surface area contributed by atoms with E-state index in [0.29, 0.717) is 0 Å². The summed E-state index contributed by atoms with van der Waals surface area (Å²) in [7, 11) is 1.64. The average Bonchev–Trinajstić information content (AvgIpc) is 2.37. The number of methoxy groups -OCH3 is 1. The normalized spacial score (nSPS) is 17.4. The van der Waals surface area contributed by atoms with Crippen molar-refractivity contribution >= 4 is 16.6 Å². The van der Waals surface area contributed by atoms with Gasteiger partial charge in [0.05, 0.1) is 0 Å². The zero-order valence-corrected chi connectivity index (χ0v) is 10.5. The van der Waals surface area contributed by atoms with Gasteiger partial charge in [-0.25, -0.2) is 0 Å². The molecule has 1 saturated carbocycles. The molecule has 3 rings (SSSR count). The molecule has 0 unspecified atom stereocenters. The Labute approximate surface area is 107 Å². The maximum atomic E-state index is 12.7. The number of benzene rings is 2. The number of ketones is 1. The number of carbonyl (C=O) groups is 1. The standard InChI is InChI=1S/C16H16O2/c1-18-16(10-5-11-16)15(17)14-9-4-7-12-6-2-3-8-13(12)14/h2-4,6-9H,5,10-11H2,1H3. The first-order valence-corrected chi connectivity index (χ1v) is 6.34. The fraction of sp³-hybridized carbons (Fsp3) is 0.312. The van der Waals surface area contributed by atoms with Crippen LogP contribution in [0.1, 0.15) is 29.6 Å². The predicted molar refractivity (Wildman–Crippen MR) is 71.9 cm³/mol. The van der Waals surface area contributed by atoms with E-state index in [9.17, 15) is 4.79 Å². The Bertz CT molecular complexity index is 586. The molecule has 2 aromatic carbocycles. The van der Waals surface area contributed by atoms with Crippen molar-refractivity contribution in [3.8, 4) is 0 Å². The highest BCUT2D eigenvalue weighted by molar-refractivity contribution is 6.12. The Kier molecular flexibility index (Phi) is 2.67. The van der Waals surface area contributed by atoms with E-state index in [1.165, 1.54) is 0 Å². The molecule has 0 radical (unpaired) electrons. The summed E-state index contributed by atoms with van der Waals surface area (Å²) in [6.45, 7) is 0. The van der Waals surface area contributed by atoms with Crippen LogP contribution in [0.2, 0.25) is 0 Å². The quantitative estimate of drug-likeness (QED) is 0.766. The van der Waals surface area contributed by atoms with Gasteiger partial charge in [0.15, 0.2) is 5.78 Å². The summed E-state index contributed by atoms with van der Waals surface area (Å²) in [5.41, 5.74) is 0.221. The second kappa shape index (κ2) is 4.21. The molecule has 92 valence electrons. The molecule has 0 spiro atoms. The Morgan fingerprint density at radius 3 is 2.50 bits per heavy atom. The molecule has 0 aromatic heterocycles. The lowest BCUT2D eigenvalue weighted by Crippen LogP contribution is -2.47. The van der Waals surface area contributed by atoms with Crippen molar-refractivity contribution in [1.29, 1.82) is 0 Å². The Balaban J connectivity index is 2.12. The van der Waals surface area contributed by atoms with Crippen LogP contribution in [0.4, 0.5) is 0 Å². The fourth-order valence-electron chi connectivity index (χ4n) is 2.69. The third kappa shape index (κ3) is 1.57. The van der Waals surface area contributed by atoms with Crippen molar-refractivity contribution in [3.63, 3.8) is 0 Å².